The monoisotopic (exact) mass is 423 g/mol. The van der Waals surface area contributed by atoms with Gasteiger partial charge in [-0.3, -0.25) is 0 Å². The number of hydrogen-bond donors (Lipinski definition) is 1. The van der Waals surface area contributed by atoms with Crippen LogP contribution in [0.25, 0.3) is 0 Å². The number of benzene rings is 1. The number of nitrogens with one attached hydrogen (secondary N) is 1. The Hall–Kier alpha value is -2.21. The minimum atomic E-state index is -3.59. The van der Waals surface area contributed by atoms with Crippen LogP contribution in [0.15, 0.2) is 27.6 Å². The highest BCUT2D eigenvalue weighted by Gasteiger charge is 2.27. The fraction of sp³-hybridized carbons (Fsp3) is 0.556. The SMILES string of the molecule is Cc1noc(CNc2cc(S(=O)(=O)N3CCOCC3)ccc2N2CCOCC2)n1. The molecule has 0 aliphatic carbocycles. The van der Waals surface area contributed by atoms with Gasteiger partial charge in [-0.25, -0.2) is 8.42 Å². The molecular formula is C18H25N5O5S. The highest BCUT2D eigenvalue weighted by Crippen LogP contribution is 2.31. The van der Waals surface area contributed by atoms with Gasteiger partial charge in [-0.1, -0.05) is 5.16 Å². The maximum Gasteiger partial charge on any atom is 0.245 e. The third kappa shape index (κ3) is 4.53. The standard InChI is InChI=1S/C18H25N5O5S/c1-14-20-18(28-21-14)13-19-16-12-15(29(24,25)23-6-10-27-11-7-23)2-3-17(16)22-4-8-26-9-5-22/h2-3,12,19H,4-11,13H2,1H3. The van der Waals surface area contributed by atoms with Gasteiger partial charge in [-0.15, -0.1) is 0 Å². The van der Waals surface area contributed by atoms with E-state index >= 15 is 0 Å². The van der Waals surface area contributed by atoms with Crippen LogP contribution in [-0.4, -0.2) is 75.5 Å². The summed E-state index contributed by atoms with van der Waals surface area (Å²) in [6.07, 6.45) is 0. The van der Waals surface area contributed by atoms with Crippen LogP contribution in [0.5, 0.6) is 0 Å². The van der Waals surface area contributed by atoms with E-state index in [1.807, 2.05) is 6.07 Å². The van der Waals surface area contributed by atoms with Gasteiger partial charge in [0.2, 0.25) is 15.9 Å². The van der Waals surface area contributed by atoms with Gasteiger partial charge < -0.3 is 24.2 Å². The number of rotatable bonds is 6. The average molecular weight is 423 g/mol. The molecule has 2 aliphatic rings. The molecule has 29 heavy (non-hydrogen) atoms. The molecule has 3 heterocycles. The molecule has 0 saturated carbocycles. The van der Waals surface area contributed by atoms with Crippen LogP contribution in [0, 0.1) is 6.92 Å². The first-order chi connectivity index (χ1) is 14.0. The Morgan fingerprint density at radius 3 is 2.41 bits per heavy atom. The summed E-state index contributed by atoms with van der Waals surface area (Å²) in [6.45, 7) is 6.34. The largest absolute Gasteiger partial charge is 0.379 e. The number of aromatic nitrogens is 2. The lowest BCUT2D eigenvalue weighted by molar-refractivity contribution is 0.0730. The van der Waals surface area contributed by atoms with E-state index in [2.05, 4.69) is 20.4 Å². The summed E-state index contributed by atoms with van der Waals surface area (Å²) in [4.78, 5) is 6.63. The Bertz CT molecular complexity index is 936. The van der Waals surface area contributed by atoms with Crippen LogP contribution in [0.3, 0.4) is 0 Å². The molecule has 0 bridgehead atoms. The first kappa shape index (κ1) is 20.1. The normalized spacial score (nSPS) is 18.7. The maximum atomic E-state index is 13.1. The summed E-state index contributed by atoms with van der Waals surface area (Å²) in [5.41, 5.74) is 1.63. The molecule has 0 radical (unpaired) electrons. The van der Waals surface area contributed by atoms with E-state index in [1.54, 1.807) is 19.1 Å². The molecule has 2 saturated heterocycles. The molecule has 0 amide bonds. The van der Waals surface area contributed by atoms with Gasteiger partial charge in [-0.2, -0.15) is 9.29 Å². The summed E-state index contributed by atoms with van der Waals surface area (Å²) in [7, 11) is -3.59. The summed E-state index contributed by atoms with van der Waals surface area (Å²) >= 11 is 0. The van der Waals surface area contributed by atoms with Crippen LogP contribution >= 0.6 is 0 Å². The zero-order valence-corrected chi connectivity index (χ0v) is 17.2. The van der Waals surface area contributed by atoms with E-state index in [0.717, 1.165) is 18.8 Å². The summed E-state index contributed by atoms with van der Waals surface area (Å²) < 4.78 is 43.5. The molecule has 11 heteroatoms. The maximum absolute atomic E-state index is 13.1. The molecule has 4 rings (SSSR count). The quantitative estimate of drug-likeness (QED) is 0.723. The van der Waals surface area contributed by atoms with Gasteiger partial charge in [-0.05, 0) is 25.1 Å². The lowest BCUT2D eigenvalue weighted by Crippen LogP contribution is -2.40. The van der Waals surface area contributed by atoms with Gasteiger partial charge in [0, 0.05) is 26.2 Å². The second-order valence-electron chi connectivity index (χ2n) is 6.88. The second-order valence-corrected chi connectivity index (χ2v) is 8.82. The van der Waals surface area contributed by atoms with Gasteiger partial charge >= 0.3 is 0 Å². The van der Waals surface area contributed by atoms with Crippen LogP contribution in [0.2, 0.25) is 0 Å². The molecule has 10 nitrogen and oxygen atoms in total. The molecule has 2 fully saturated rings. The number of ether oxygens (including phenoxy) is 2. The van der Waals surface area contributed by atoms with E-state index in [9.17, 15) is 8.42 Å². The van der Waals surface area contributed by atoms with Gasteiger partial charge in [0.15, 0.2) is 5.82 Å². The van der Waals surface area contributed by atoms with E-state index in [-0.39, 0.29) is 4.90 Å². The fourth-order valence-corrected chi connectivity index (χ4v) is 4.85. The van der Waals surface area contributed by atoms with E-state index in [0.29, 0.717) is 63.5 Å². The number of sulfonamides is 1. The Labute approximate surface area is 169 Å². The topological polar surface area (TPSA) is 110 Å². The van der Waals surface area contributed by atoms with Gasteiger partial charge in [0.05, 0.1) is 49.2 Å². The molecule has 2 aliphatic heterocycles. The van der Waals surface area contributed by atoms with Crippen molar-refractivity contribution in [2.75, 3.05) is 62.8 Å². The molecular weight excluding hydrogens is 398 g/mol. The van der Waals surface area contributed by atoms with Crippen LogP contribution in [0.4, 0.5) is 11.4 Å². The summed E-state index contributed by atoms with van der Waals surface area (Å²) in [5, 5.41) is 7.06. The Kier molecular flexibility index (Phi) is 5.99. The van der Waals surface area contributed by atoms with Gasteiger partial charge in [0.1, 0.15) is 0 Å². The van der Waals surface area contributed by atoms with Gasteiger partial charge in [0.25, 0.3) is 0 Å². The van der Waals surface area contributed by atoms with Crippen molar-refractivity contribution < 1.29 is 22.4 Å². The highest BCUT2D eigenvalue weighted by atomic mass is 32.2. The first-order valence-electron chi connectivity index (χ1n) is 9.62. The molecule has 0 spiro atoms. The molecule has 0 unspecified atom stereocenters. The average Bonchev–Trinajstić information content (AvgIpc) is 3.18. The minimum Gasteiger partial charge on any atom is -0.379 e. The van der Waals surface area contributed by atoms with E-state index in [1.165, 1.54) is 4.31 Å². The molecule has 0 atom stereocenters. The number of hydrogen-bond acceptors (Lipinski definition) is 9. The third-order valence-electron chi connectivity index (χ3n) is 4.93. The molecule has 1 aromatic heterocycles. The minimum absolute atomic E-state index is 0.251. The van der Waals surface area contributed by atoms with Crippen LogP contribution in [-0.2, 0) is 26.0 Å². The van der Waals surface area contributed by atoms with Crippen molar-refractivity contribution in [1.29, 1.82) is 0 Å². The molecule has 1 N–H and O–H groups in total. The Morgan fingerprint density at radius 1 is 1.07 bits per heavy atom. The van der Waals surface area contributed by atoms with E-state index < -0.39 is 10.0 Å². The van der Waals surface area contributed by atoms with Crippen molar-refractivity contribution in [2.45, 2.75) is 18.4 Å². The summed E-state index contributed by atoms with van der Waals surface area (Å²) in [5.74, 6) is 0.996. The van der Waals surface area contributed by atoms with Crippen molar-refractivity contribution in [2.24, 2.45) is 0 Å². The fourth-order valence-electron chi connectivity index (χ4n) is 3.42. The Morgan fingerprint density at radius 2 is 1.76 bits per heavy atom. The lowest BCUT2D eigenvalue weighted by atomic mass is 10.2. The molecule has 2 aromatic rings. The zero-order valence-electron chi connectivity index (χ0n) is 16.3. The number of nitrogens with zero attached hydrogens (tertiary/aromatic N) is 4. The van der Waals surface area contributed by atoms with E-state index in [4.69, 9.17) is 14.0 Å². The van der Waals surface area contributed by atoms with Crippen molar-refractivity contribution in [3.8, 4) is 0 Å². The lowest BCUT2D eigenvalue weighted by Gasteiger charge is -2.31. The summed E-state index contributed by atoms with van der Waals surface area (Å²) in [6, 6.07) is 5.19. The van der Waals surface area contributed by atoms with Crippen molar-refractivity contribution in [1.82, 2.24) is 14.4 Å². The van der Waals surface area contributed by atoms with Crippen LogP contribution in [0.1, 0.15) is 11.7 Å². The smallest absolute Gasteiger partial charge is 0.245 e. The first-order valence-corrected chi connectivity index (χ1v) is 11.1. The Balaban J connectivity index is 1.63. The third-order valence-corrected chi connectivity index (χ3v) is 6.82. The number of aryl methyl sites for hydroxylation is 1. The predicted molar refractivity (Wildman–Crippen MR) is 105 cm³/mol. The zero-order chi connectivity index (χ0) is 20.3. The molecule has 1 aromatic carbocycles. The molecule has 158 valence electrons. The second kappa shape index (κ2) is 8.66. The van der Waals surface area contributed by atoms with Crippen LogP contribution < -0.4 is 10.2 Å². The number of anilines is 2. The van der Waals surface area contributed by atoms with Crippen molar-refractivity contribution in [3.63, 3.8) is 0 Å². The number of morpholine rings is 2. The van der Waals surface area contributed by atoms with Crippen molar-refractivity contribution >= 4 is 21.4 Å². The predicted octanol–water partition coefficient (Wildman–Crippen LogP) is 0.848. The van der Waals surface area contributed by atoms with Crippen molar-refractivity contribution in [3.05, 3.63) is 29.9 Å². The highest BCUT2D eigenvalue weighted by molar-refractivity contribution is 7.89.